The first-order chi connectivity index (χ1) is 13.5. The summed E-state index contributed by atoms with van der Waals surface area (Å²) < 4.78 is 4.39. The van der Waals surface area contributed by atoms with Gasteiger partial charge in [0.05, 0.1) is 5.69 Å². The van der Waals surface area contributed by atoms with Crippen LogP contribution in [0.1, 0.15) is 24.1 Å². The summed E-state index contributed by atoms with van der Waals surface area (Å²) in [6.45, 7) is 2.56. The highest BCUT2D eigenvalue weighted by Crippen LogP contribution is 2.32. The van der Waals surface area contributed by atoms with Gasteiger partial charge in [-0.2, -0.15) is 9.36 Å². The predicted octanol–water partition coefficient (Wildman–Crippen LogP) is 3.15. The highest BCUT2D eigenvalue weighted by Gasteiger charge is 2.34. The summed E-state index contributed by atoms with van der Waals surface area (Å²) in [6, 6.07) is 14.2. The van der Waals surface area contributed by atoms with Crippen LogP contribution < -0.4 is 4.90 Å². The number of nitrogens with zero attached hydrogens (tertiary/aromatic N) is 5. The second-order valence-corrected chi connectivity index (χ2v) is 8.27. The number of hydrogen-bond donors (Lipinski definition) is 1. The largest absolute Gasteiger partial charge is 0.383 e. The zero-order chi connectivity index (χ0) is 19.6. The lowest BCUT2D eigenvalue weighted by Gasteiger charge is -2.37. The van der Waals surface area contributed by atoms with Crippen LogP contribution in [-0.2, 0) is 12.1 Å². The monoisotopic (exact) mass is 395 g/mol. The molecule has 28 heavy (non-hydrogen) atoms. The third-order valence-corrected chi connectivity index (χ3v) is 5.97. The molecular weight excluding hydrogens is 370 g/mol. The highest BCUT2D eigenvalue weighted by atomic mass is 32.1. The van der Waals surface area contributed by atoms with E-state index in [9.17, 15) is 5.11 Å². The molecule has 1 N–H and O–H groups in total. The Labute approximate surface area is 169 Å². The van der Waals surface area contributed by atoms with E-state index in [1.54, 1.807) is 6.20 Å². The number of aromatic nitrogens is 3. The van der Waals surface area contributed by atoms with Crippen LogP contribution in [0.15, 0.2) is 48.7 Å². The number of piperidine rings is 1. The van der Waals surface area contributed by atoms with Crippen molar-refractivity contribution in [2.45, 2.75) is 25.0 Å². The van der Waals surface area contributed by atoms with Gasteiger partial charge < -0.3 is 10.0 Å². The summed E-state index contributed by atoms with van der Waals surface area (Å²) in [6.07, 6.45) is 3.15. The molecule has 2 aromatic heterocycles. The fourth-order valence-corrected chi connectivity index (χ4v) is 4.28. The Morgan fingerprint density at radius 2 is 1.96 bits per heavy atom. The van der Waals surface area contributed by atoms with E-state index >= 15 is 0 Å². The van der Waals surface area contributed by atoms with Crippen LogP contribution in [0.4, 0.5) is 5.95 Å². The standard InChI is InChI=1S/C21H25N5OS/c1-25(2)20-23-19(28-24-20)17-7-5-6-16(14-17)15-26-12-9-21(27,10-13-26)18-8-3-4-11-22-18/h3-8,11,14,27H,9-10,12-13,15H2,1-2H3. The lowest BCUT2D eigenvalue weighted by molar-refractivity contribution is -0.0310. The maximum absolute atomic E-state index is 11.0. The molecular formula is C21H25N5OS. The van der Waals surface area contributed by atoms with Crippen molar-refractivity contribution in [3.63, 3.8) is 0 Å². The quantitative estimate of drug-likeness (QED) is 0.716. The van der Waals surface area contributed by atoms with Crippen molar-refractivity contribution in [3.05, 3.63) is 59.9 Å². The molecule has 1 saturated heterocycles. The van der Waals surface area contributed by atoms with E-state index in [1.807, 2.05) is 37.2 Å². The van der Waals surface area contributed by atoms with Gasteiger partial charge in [-0.05, 0) is 48.1 Å². The summed E-state index contributed by atoms with van der Waals surface area (Å²) in [7, 11) is 3.90. The minimum Gasteiger partial charge on any atom is -0.383 e. The van der Waals surface area contributed by atoms with E-state index < -0.39 is 5.60 Å². The summed E-state index contributed by atoms with van der Waals surface area (Å²) in [4.78, 5) is 13.3. The van der Waals surface area contributed by atoms with Gasteiger partial charge in [-0.1, -0.05) is 24.3 Å². The van der Waals surface area contributed by atoms with Crippen molar-refractivity contribution in [3.8, 4) is 10.6 Å². The summed E-state index contributed by atoms with van der Waals surface area (Å²) in [5, 5.41) is 11.9. The number of likely N-dealkylation sites (tertiary alicyclic amines) is 1. The predicted molar refractivity (Wildman–Crippen MR) is 112 cm³/mol. The number of benzene rings is 1. The maximum Gasteiger partial charge on any atom is 0.237 e. The molecule has 1 aliphatic heterocycles. The molecule has 1 aromatic carbocycles. The Morgan fingerprint density at radius 1 is 1.14 bits per heavy atom. The van der Waals surface area contributed by atoms with Crippen molar-refractivity contribution >= 4 is 17.5 Å². The van der Waals surface area contributed by atoms with E-state index in [-0.39, 0.29) is 0 Å². The van der Waals surface area contributed by atoms with Gasteiger partial charge in [0.1, 0.15) is 10.6 Å². The first kappa shape index (κ1) is 19.0. The van der Waals surface area contributed by atoms with Gasteiger partial charge >= 0.3 is 0 Å². The number of rotatable bonds is 5. The van der Waals surface area contributed by atoms with Crippen LogP contribution >= 0.6 is 11.5 Å². The van der Waals surface area contributed by atoms with E-state index in [0.717, 1.165) is 41.8 Å². The molecule has 0 aliphatic carbocycles. The van der Waals surface area contributed by atoms with Crippen LogP contribution in [0.2, 0.25) is 0 Å². The first-order valence-electron chi connectivity index (χ1n) is 9.50. The topological polar surface area (TPSA) is 65.4 Å². The lowest BCUT2D eigenvalue weighted by Crippen LogP contribution is -2.42. The third-order valence-electron chi connectivity index (χ3n) is 5.22. The van der Waals surface area contributed by atoms with Gasteiger partial charge in [0.2, 0.25) is 5.95 Å². The Morgan fingerprint density at radius 3 is 2.64 bits per heavy atom. The van der Waals surface area contributed by atoms with Crippen LogP contribution in [0.25, 0.3) is 10.6 Å². The average Bonchev–Trinajstić information content (AvgIpc) is 3.22. The Bertz CT molecular complexity index is 919. The van der Waals surface area contributed by atoms with Crippen molar-refractivity contribution in [2.24, 2.45) is 0 Å². The van der Waals surface area contributed by atoms with Crippen molar-refractivity contribution in [1.29, 1.82) is 0 Å². The maximum atomic E-state index is 11.0. The number of hydrogen-bond acceptors (Lipinski definition) is 7. The Kier molecular flexibility index (Phi) is 5.39. The van der Waals surface area contributed by atoms with Gasteiger partial charge in [0.25, 0.3) is 0 Å². The minimum atomic E-state index is -0.811. The van der Waals surface area contributed by atoms with Gasteiger partial charge in [0, 0.05) is 45.5 Å². The molecule has 146 valence electrons. The molecule has 1 aliphatic rings. The van der Waals surface area contributed by atoms with Gasteiger partial charge in [0.15, 0.2) is 0 Å². The molecule has 0 saturated carbocycles. The normalized spacial score (nSPS) is 16.8. The lowest BCUT2D eigenvalue weighted by atomic mass is 9.87. The van der Waals surface area contributed by atoms with Crippen LogP contribution in [0, 0.1) is 0 Å². The second kappa shape index (κ2) is 7.95. The van der Waals surface area contributed by atoms with Gasteiger partial charge in [-0.15, -0.1) is 0 Å². The molecule has 3 heterocycles. The number of anilines is 1. The van der Waals surface area contributed by atoms with Crippen LogP contribution in [0.3, 0.4) is 0 Å². The van der Waals surface area contributed by atoms with Crippen molar-refractivity contribution in [1.82, 2.24) is 19.2 Å². The van der Waals surface area contributed by atoms with Crippen molar-refractivity contribution in [2.75, 3.05) is 32.1 Å². The second-order valence-electron chi connectivity index (χ2n) is 7.52. The first-order valence-corrected chi connectivity index (χ1v) is 10.3. The van der Waals surface area contributed by atoms with Crippen LogP contribution in [0.5, 0.6) is 0 Å². The molecule has 0 amide bonds. The Hall–Kier alpha value is -2.35. The molecule has 7 heteroatoms. The fourth-order valence-electron chi connectivity index (χ4n) is 3.55. The summed E-state index contributed by atoms with van der Waals surface area (Å²) in [5.74, 6) is 0.746. The minimum absolute atomic E-state index is 0.701. The molecule has 6 nitrogen and oxygen atoms in total. The SMILES string of the molecule is CN(C)c1nsc(-c2cccc(CN3CCC(O)(c4ccccn4)CC3)c2)n1. The van der Waals surface area contributed by atoms with E-state index in [4.69, 9.17) is 0 Å². The molecule has 3 aromatic rings. The summed E-state index contributed by atoms with van der Waals surface area (Å²) >= 11 is 1.43. The molecule has 4 rings (SSSR count). The molecule has 1 fully saturated rings. The van der Waals surface area contributed by atoms with Crippen molar-refractivity contribution < 1.29 is 5.11 Å². The van der Waals surface area contributed by atoms with E-state index in [2.05, 4.69) is 43.5 Å². The summed E-state index contributed by atoms with van der Waals surface area (Å²) in [5.41, 5.74) is 2.33. The Balaban J connectivity index is 1.42. The zero-order valence-corrected chi connectivity index (χ0v) is 17.1. The fraction of sp³-hybridized carbons (Fsp3) is 0.381. The number of aliphatic hydroxyl groups is 1. The van der Waals surface area contributed by atoms with E-state index in [1.165, 1.54) is 17.1 Å². The smallest absolute Gasteiger partial charge is 0.237 e. The molecule has 0 unspecified atom stereocenters. The van der Waals surface area contributed by atoms with Gasteiger partial charge in [-0.3, -0.25) is 9.88 Å². The van der Waals surface area contributed by atoms with E-state index in [0.29, 0.717) is 12.8 Å². The highest BCUT2D eigenvalue weighted by molar-refractivity contribution is 7.09. The third kappa shape index (κ3) is 4.06. The zero-order valence-electron chi connectivity index (χ0n) is 16.2. The molecule has 0 spiro atoms. The molecule has 0 radical (unpaired) electrons. The van der Waals surface area contributed by atoms with Gasteiger partial charge in [-0.25, -0.2) is 0 Å². The molecule has 0 atom stereocenters. The number of pyridine rings is 1. The van der Waals surface area contributed by atoms with Crippen LogP contribution in [-0.4, -0.2) is 51.5 Å². The average molecular weight is 396 g/mol. The molecule has 0 bridgehead atoms.